The molecule has 0 saturated heterocycles. The minimum Gasteiger partial charge on any atom is -0.469 e. The van der Waals surface area contributed by atoms with Crippen LogP contribution in [0.3, 0.4) is 0 Å². The first-order chi connectivity index (χ1) is 9.85. The van der Waals surface area contributed by atoms with Crippen LogP contribution in [0.4, 0.5) is 0 Å². The summed E-state index contributed by atoms with van der Waals surface area (Å²) in [5, 5.41) is 0. The maximum Gasteiger partial charge on any atom is 0.332 e. The van der Waals surface area contributed by atoms with Gasteiger partial charge in [0.15, 0.2) is 0 Å². The van der Waals surface area contributed by atoms with Crippen molar-refractivity contribution in [2.45, 2.75) is 32.8 Å². The molecule has 0 aliphatic carbocycles. The highest BCUT2D eigenvalue weighted by atomic mass is 16.6. The van der Waals surface area contributed by atoms with Crippen molar-refractivity contribution in [1.82, 2.24) is 0 Å². The van der Waals surface area contributed by atoms with Crippen LogP contribution in [0.2, 0.25) is 0 Å². The number of rotatable bonds is 11. The maximum absolute atomic E-state index is 11.3. The molecule has 0 unspecified atom stereocenters. The lowest BCUT2D eigenvalue weighted by atomic mass is 10.2. The van der Waals surface area contributed by atoms with E-state index in [9.17, 15) is 9.59 Å². The molecule has 0 aromatic carbocycles. The second-order valence-electron chi connectivity index (χ2n) is 5.19. The van der Waals surface area contributed by atoms with E-state index >= 15 is 0 Å². The standard InChI is InChI=1S/C14H26O7/c1-14(2,3)21-13(16)11-20-10-9-19-8-7-18-6-5-12(15)17-4/h5-11H2,1-4H3. The van der Waals surface area contributed by atoms with E-state index in [4.69, 9.17) is 18.9 Å². The monoisotopic (exact) mass is 306 g/mol. The summed E-state index contributed by atoms with van der Waals surface area (Å²) in [6.07, 6.45) is 0.232. The average Bonchev–Trinajstić information content (AvgIpc) is 2.38. The number of ether oxygens (including phenoxy) is 5. The molecule has 0 atom stereocenters. The lowest BCUT2D eigenvalue weighted by molar-refractivity contribution is -0.160. The second kappa shape index (κ2) is 11.5. The molecular formula is C14H26O7. The highest BCUT2D eigenvalue weighted by molar-refractivity contribution is 5.71. The van der Waals surface area contributed by atoms with Crippen molar-refractivity contribution in [2.75, 3.05) is 46.8 Å². The van der Waals surface area contributed by atoms with Gasteiger partial charge in [-0.25, -0.2) is 4.79 Å². The minimum atomic E-state index is -0.502. The molecule has 0 radical (unpaired) electrons. The lowest BCUT2D eigenvalue weighted by Gasteiger charge is -2.19. The van der Waals surface area contributed by atoms with Gasteiger partial charge >= 0.3 is 11.9 Å². The third-order valence-electron chi connectivity index (χ3n) is 2.06. The van der Waals surface area contributed by atoms with Crippen molar-refractivity contribution in [2.24, 2.45) is 0 Å². The summed E-state index contributed by atoms with van der Waals surface area (Å²) >= 11 is 0. The van der Waals surface area contributed by atoms with Gasteiger partial charge in [0.25, 0.3) is 0 Å². The Balaban J connectivity index is 3.26. The molecule has 0 aliphatic heterocycles. The van der Waals surface area contributed by atoms with Gasteiger partial charge in [-0.1, -0.05) is 0 Å². The third-order valence-corrected chi connectivity index (χ3v) is 2.06. The summed E-state index contributed by atoms with van der Waals surface area (Å²) in [5.41, 5.74) is -0.502. The normalized spacial score (nSPS) is 11.2. The Morgan fingerprint density at radius 2 is 1.33 bits per heavy atom. The van der Waals surface area contributed by atoms with Gasteiger partial charge in [0, 0.05) is 0 Å². The summed E-state index contributed by atoms with van der Waals surface area (Å²) in [5.74, 6) is -0.694. The number of carbonyl (C=O) groups excluding carboxylic acids is 2. The van der Waals surface area contributed by atoms with E-state index in [0.29, 0.717) is 33.0 Å². The quantitative estimate of drug-likeness (QED) is 0.415. The van der Waals surface area contributed by atoms with E-state index in [1.807, 2.05) is 0 Å². The summed E-state index contributed by atoms with van der Waals surface area (Å²) < 4.78 is 25.1. The van der Waals surface area contributed by atoms with E-state index in [1.165, 1.54) is 7.11 Å². The SMILES string of the molecule is COC(=O)CCOCCOCCOCC(=O)OC(C)(C)C. The molecule has 0 N–H and O–H groups in total. The zero-order valence-electron chi connectivity index (χ0n) is 13.3. The zero-order chi connectivity index (χ0) is 16.1. The molecule has 0 aliphatic rings. The Bertz CT molecular complexity index is 296. The fourth-order valence-electron chi connectivity index (χ4n) is 1.22. The summed E-state index contributed by atoms with van der Waals surface area (Å²) in [7, 11) is 1.34. The number of carbonyl (C=O) groups is 2. The first-order valence-electron chi connectivity index (χ1n) is 6.87. The van der Waals surface area contributed by atoms with Gasteiger partial charge in [0.05, 0.1) is 46.6 Å². The number of methoxy groups -OCH3 is 1. The van der Waals surface area contributed by atoms with E-state index in [0.717, 1.165) is 0 Å². The van der Waals surface area contributed by atoms with Gasteiger partial charge in [-0.05, 0) is 20.8 Å². The molecule has 0 aromatic heterocycles. The highest BCUT2D eigenvalue weighted by Gasteiger charge is 2.15. The Kier molecular flexibility index (Phi) is 10.8. The molecule has 0 spiro atoms. The predicted octanol–water partition coefficient (Wildman–Crippen LogP) is 0.941. The van der Waals surface area contributed by atoms with Crippen LogP contribution in [0.15, 0.2) is 0 Å². The lowest BCUT2D eigenvalue weighted by Crippen LogP contribution is -2.27. The van der Waals surface area contributed by atoms with Crippen LogP contribution in [0, 0.1) is 0 Å². The molecule has 0 fully saturated rings. The molecule has 21 heavy (non-hydrogen) atoms. The van der Waals surface area contributed by atoms with Crippen molar-refractivity contribution in [3.63, 3.8) is 0 Å². The van der Waals surface area contributed by atoms with E-state index in [2.05, 4.69) is 4.74 Å². The second-order valence-corrected chi connectivity index (χ2v) is 5.19. The smallest absolute Gasteiger partial charge is 0.332 e. The predicted molar refractivity (Wildman–Crippen MR) is 74.9 cm³/mol. The van der Waals surface area contributed by atoms with Gasteiger partial charge < -0.3 is 23.7 Å². The van der Waals surface area contributed by atoms with Gasteiger partial charge in [0.2, 0.25) is 0 Å². The van der Waals surface area contributed by atoms with Crippen LogP contribution in [-0.2, 0) is 33.3 Å². The molecule has 0 aromatic rings. The number of hydrogen-bond acceptors (Lipinski definition) is 7. The van der Waals surface area contributed by atoms with Crippen molar-refractivity contribution < 1.29 is 33.3 Å². The fourth-order valence-corrected chi connectivity index (χ4v) is 1.22. The molecule has 7 nitrogen and oxygen atoms in total. The van der Waals surface area contributed by atoms with E-state index < -0.39 is 11.6 Å². The Morgan fingerprint density at radius 1 is 0.810 bits per heavy atom. The van der Waals surface area contributed by atoms with Crippen molar-refractivity contribution >= 4 is 11.9 Å². The molecule has 124 valence electrons. The first-order valence-corrected chi connectivity index (χ1v) is 6.87. The molecule has 0 rings (SSSR count). The average molecular weight is 306 g/mol. The minimum absolute atomic E-state index is 0.0870. The third kappa shape index (κ3) is 15.0. The number of hydrogen-bond donors (Lipinski definition) is 0. The zero-order valence-corrected chi connectivity index (χ0v) is 13.3. The van der Waals surface area contributed by atoms with Crippen LogP contribution < -0.4 is 0 Å². The van der Waals surface area contributed by atoms with E-state index in [1.54, 1.807) is 20.8 Å². The van der Waals surface area contributed by atoms with Gasteiger partial charge in [-0.15, -0.1) is 0 Å². The molecule has 7 heteroatoms. The van der Waals surface area contributed by atoms with Gasteiger partial charge in [-0.2, -0.15) is 0 Å². The molecule has 0 bridgehead atoms. The molecule has 0 heterocycles. The van der Waals surface area contributed by atoms with Crippen molar-refractivity contribution in [3.05, 3.63) is 0 Å². The topological polar surface area (TPSA) is 80.3 Å². The van der Waals surface area contributed by atoms with Crippen LogP contribution in [-0.4, -0.2) is 64.3 Å². The maximum atomic E-state index is 11.3. The van der Waals surface area contributed by atoms with Gasteiger partial charge in [-0.3, -0.25) is 4.79 Å². The van der Waals surface area contributed by atoms with Crippen molar-refractivity contribution in [3.8, 4) is 0 Å². The van der Waals surface area contributed by atoms with Crippen molar-refractivity contribution in [1.29, 1.82) is 0 Å². The van der Waals surface area contributed by atoms with Crippen LogP contribution >= 0.6 is 0 Å². The highest BCUT2D eigenvalue weighted by Crippen LogP contribution is 2.06. The summed E-state index contributed by atoms with van der Waals surface area (Å²) in [6, 6.07) is 0. The van der Waals surface area contributed by atoms with Crippen LogP contribution in [0.1, 0.15) is 27.2 Å². The van der Waals surface area contributed by atoms with E-state index in [-0.39, 0.29) is 19.0 Å². The molecular weight excluding hydrogens is 280 g/mol. The first kappa shape index (κ1) is 19.8. The Labute approximate surface area is 125 Å². The molecule has 0 saturated carbocycles. The fraction of sp³-hybridized carbons (Fsp3) is 0.857. The Morgan fingerprint density at radius 3 is 1.86 bits per heavy atom. The Hall–Kier alpha value is -1.18. The summed E-state index contributed by atoms with van der Waals surface area (Å²) in [6.45, 7) is 7.09. The number of esters is 2. The van der Waals surface area contributed by atoms with Crippen LogP contribution in [0.5, 0.6) is 0 Å². The van der Waals surface area contributed by atoms with Crippen LogP contribution in [0.25, 0.3) is 0 Å². The largest absolute Gasteiger partial charge is 0.469 e. The molecule has 0 amide bonds. The summed E-state index contributed by atoms with van der Waals surface area (Å²) in [4.78, 5) is 22.1. The van der Waals surface area contributed by atoms with Gasteiger partial charge in [0.1, 0.15) is 12.2 Å².